The number of halogens is 3. The SMILES string of the molecule is FCc1nc(Cl)ccc1Br. The van der Waals surface area contributed by atoms with Crippen LogP contribution in [0.1, 0.15) is 5.69 Å². The summed E-state index contributed by atoms with van der Waals surface area (Å²) in [7, 11) is 0. The quantitative estimate of drug-likeness (QED) is 0.668. The Hall–Kier alpha value is -0.150. The van der Waals surface area contributed by atoms with Crippen molar-refractivity contribution in [3.05, 3.63) is 27.5 Å². The molecule has 1 aromatic rings. The van der Waals surface area contributed by atoms with Crippen LogP contribution in [-0.4, -0.2) is 4.98 Å². The van der Waals surface area contributed by atoms with Crippen LogP contribution in [0.25, 0.3) is 0 Å². The molecule has 0 amide bonds. The van der Waals surface area contributed by atoms with Crippen molar-refractivity contribution in [1.29, 1.82) is 0 Å². The van der Waals surface area contributed by atoms with Crippen LogP contribution in [0.15, 0.2) is 16.6 Å². The van der Waals surface area contributed by atoms with E-state index in [-0.39, 0.29) is 0 Å². The zero-order chi connectivity index (χ0) is 7.56. The van der Waals surface area contributed by atoms with E-state index in [0.29, 0.717) is 15.3 Å². The third-order valence-electron chi connectivity index (χ3n) is 1.01. The molecule has 0 atom stereocenters. The van der Waals surface area contributed by atoms with Crippen molar-refractivity contribution in [3.8, 4) is 0 Å². The summed E-state index contributed by atoms with van der Waals surface area (Å²) in [6.07, 6.45) is 0. The predicted molar refractivity (Wildman–Crippen MR) is 41.8 cm³/mol. The maximum Gasteiger partial charge on any atom is 0.133 e. The second kappa shape index (κ2) is 3.30. The van der Waals surface area contributed by atoms with E-state index in [1.807, 2.05) is 0 Å². The molecule has 1 rings (SSSR count). The van der Waals surface area contributed by atoms with E-state index >= 15 is 0 Å². The van der Waals surface area contributed by atoms with Crippen LogP contribution in [-0.2, 0) is 6.67 Å². The molecule has 0 saturated heterocycles. The van der Waals surface area contributed by atoms with Gasteiger partial charge in [0.1, 0.15) is 11.8 Å². The lowest BCUT2D eigenvalue weighted by atomic mass is 10.4. The summed E-state index contributed by atoms with van der Waals surface area (Å²) in [4.78, 5) is 3.73. The van der Waals surface area contributed by atoms with E-state index in [2.05, 4.69) is 20.9 Å². The van der Waals surface area contributed by atoms with E-state index in [9.17, 15) is 4.39 Å². The first-order valence-electron chi connectivity index (χ1n) is 2.61. The Bertz CT molecular complexity index is 241. The van der Waals surface area contributed by atoms with E-state index in [1.54, 1.807) is 12.1 Å². The van der Waals surface area contributed by atoms with Crippen molar-refractivity contribution in [1.82, 2.24) is 4.98 Å². The first kappa shape index (κ1) is 7.95. The van der Waals surface area contributed by atoms with Crippen molar-refractivity contribution in [3.63, 3.8) is 0 Å². The van der Waals surface area contributed by atoms with E-state index in [0.717, 1.165) is 0 Å². The summed E-state index contributed by atoms with van der Waals surface area (Å²) in [5, 5.41) is 0.316. The molecule has 0 aliphatic heterocycles. The van der Waals surface area contributed by atoms with Gasteiger partial charge in [0.15, 0.2) is 0 Å². The maximum absolute atomic E-state index is 12.0. The third kappa shape index (κ3) is 1.67. The molecule has 10 heavy (non-hydrogen) atoms. The average Bonchev–Trinajstić information content (AvgIpc) is 1.94. The summed E-state index contributed by atoms with van der Waals surface area (Å²) in [6, 6.07) is 3.27. The molecule has 54 valence electrons. The van der Waals surface area contributed by atoms with Gasteiger partial charge in [0.25, 0.3) is 0 Å². The summed E-state index contributed by atoms with van der Waals surface area (Å²) >= 11 is 8.63. The molecule has 0 unspecified atom stereocenters. The fourth-order valence-electron chi connectivity index (χ4n) is 0.551. The van der Waals surface area contributed by atoms with Gasteiger partial charge in [0.2, 0.25) is 0 Å². The van der Waals surface area contributed by atoms with Gasteiger partial charge in [-0.15, -0.1) is 0 Å². The van der Waals surface area contributed by atoms with Crippen molar-refractivity contribution >= 4 is 27.5 Å². The molecule has 1 heterocycles. The minimum absolute atomic E-state index is 0.316. The number of hydrogen-bond donors (Lipinski definition) is 0. The van der Waals surface area contributed by atoms with Gasteiger partial charge >= 0.3 is 0 Å². The lowest BCUT2D eigenvalue weighted by Gasteiger charge is -1.96. The summed E-state index contributed by atoms with van der Waals surface area (Å²) < 4.78 is 12.7. The topological polar surface area (TPSA) is 12.9 Å². The zero-order valence-electron chi connectivity index (χ0n) is 4.94. The monoisotopic (exact) mass is 223 g/mol. The molecule has 1 aromatic heterocycles. The van der Waals surface area contributed by atoms with Crippen LogP contribution in [0.3, 0.4) is 0 Å². The van der Waals surface area contributed by atoms with Gasteiger partial charge in [-0.05, 0) is 28.1 Å². The number of alkyl halides is 1. The maximum atomic E-state index is 12.0. The van der Waals surface area contributed by atoms with Crippen LogP contribution < -0.4 is 0 Å². The van der Waals surface area contributed by atoms with Crippen molar-refractivity contribution in [2.45, 2.75) is 6.67 Å². The Labute approximate surface area is 71.4 Å². The molecule has 0 aliphatic rings. The molecule has 0 aliphatic carbocycles. The van der Waals surface area contributed by atoms with E-state index < -0.39 is 6.67 Å². The molecule has 0 N–H and O–H groups in total. The van der Waals surface area contributed by atoms with Crippen molar-refractivity contribution < 1.29 is 4.39 Å². The van der Waals surface area contributed by atoms with Gasteiger partial charge in [-0.25, -0.2) is 9.37 Å². The number of pyridine rings is 1. The fraction of sp³-hybridized carbons (Fsp3) is 0.167. The first-order valence-corrected chi connectivity index (χ1v) is 3.78. The normalized spacial score (nSPS) is 9.90. The first-order chi connectivity index (χ1) is 4.74. The summed E-state index contributed by atoms with van der Waals surface area (Å²) in [5.74, 6) is 0. The highest BCUT2D eigenvalue weighted by molar-refractivity contribution is 9.10. The molecule has 1 nitrogen and oxygen atoms in total. The number of nitrogens with zero attached hydrogens (tertiary/aromatic N) is 1. The predicted octanol–water partition coefficient (Wildman–Crippen LogP) is 2.97. The van der Waals surface area contributed by atoms with E-state index in [4.69, 9.17) is 11.6 Å². The molecule has 0 aromatic carbocycles. The zero-order valence-corrected chi connectivity index (χ0v) is 7.28. The smallest absolute Gasteiger partial charge is 0.133 e. The minimum Gasteiger partial charge on any atom is -0.244 e. The molecular weight excluding hydrogens is 220 g/mol. The molecule has 0 radical (unpaired) electrons. The van der Waals surface area contributed by atoms with Gasteiger partial charge in [-0.3, -0.25) is 0 Å². The minimum atomic E-state index is -0.596. The van der Waals surface area contributed by atoms with Crippen molar-refractivity contribution in [2.75, 3.05) is 0 Å². The highest BCUT2D eigenvalue weighted by Crippen LogP contribution is 2.17. The second-order valence-corrected chi connectivity index (χ2v) is 2.94. The Balaban J connectivity index is 3.09. The summed E-state index contributed by atoms with van der Waals surface area (Å²) in [5.41, 5.74) is 0.340. The van der Waals surface area contributed by atoms with Crippen LogP contribution in [0.4, 0.5) is 4.39 Å². The molecule has 0 spiro atoms. The molecule has 4 heteroatoms. The number of rotatable bonds is 1. The molecule has 0 fully saturated rings. The Morgan fingerprint density at radius 2 is 2.30 bits per heavy atom. The highest BCUT2D eigenvalue weighted by Gasteiger charge is 2.00. The van der Waals surface area contributed by atoms with E-state index in [1.165, 1.54) is 0 Å². The van der Waals surface area contributed by atoms with Crippen LogP contribution in [0, 0.1) is 0 Å². The highest BCUT2D eigenvalue weighted by atomic mass is 79.9. The summed E-state index contributed by atoms with van der Waals surface area (Å²) in [6.45, 7) is -0.596. The fourth-order valence-corrected chi connectivity index (χ4v) is 1.04. The molecule has 0 saturated carbocycles. The van der Waals surface area contributed by atoms with Gasteiger partial charge in [-0.1, -0.05) is 11.6 Å². The number of aromatic nitrogens is 1. The molecular formula is C6H4BrClFN. The number of hydrogen-bond acceptors (Lipinski definition) is 1. The second-order valence-electron chi connectivity index (χ2n) is 1.70. The lowest BCUT2D eigenvalue weighted by molar-refractivity contribution is 0.474. The Morgan fingerprint density at radius 1 is 1.60 bits per heavy atom. The lowest BCUT2D eigenvalue weighted by Crippen LogP contribution is -1.86. The van der Waals surface area contributed by atoms with Gasteiger partial charge in [0.05, 0.1) is 5.69 Å². The molecule has 0 bridgehead atoms. The van der Waals surface area contributed by atoms with Crippen molar-refractivity contribution in [2.24, 2.45) is 0 Å². The van der Waals surface area contributed by atoms with Gasteiger partial charge in [0, 0.05) is 4.47 Å². The Morgan fingerprint density at radius 3 is 2.80 bits per heavy atom. The van der Waals surface area contributed by atoms with Crippen LogP contribution in [0.5, 0.6) is 0 Å². The van der Waals surface area contributed by atoms with Crippen LogP contribution >= 0.6 is 27.5 Å². The Kier molecular flexibility index (Phi) is 2.63. The largest absolute Gasteiger partial charge is 0.244 e. The third-order valence-corrected chi connectivity index (χ3v) is 1.94. The van der Waals surface area contributed by atoms with Crippen LogP contribution in [0.2, 0.25) is 5.15 Å². The standard InChI is InChI=1S/C6H4BrClFN/c7-4-1-2-6(8)10-5(4)3-9/h1-2H,3H2. The van der Waals surface area contributed by atoms with Gasteiger partial charge < -0.3 is 0 Å². The average molecular weight is 224 g/mol. The van der Waals surface area contributed by atoms with Gasteiger partial charge in [-0.2, -0.15) is 0 Å².